The average molecular weight is 640 g/mol. The molecule has 2 heteroatoms. The Labute approximate surface area is 294 Å². The summed E-state index contributed by atoms with van der Waals surface area (Å²) in [6, 6.07) is 60.5. The molecule has 10 aromatic rings. The van der Waals surface area contributed by atoms with Gasteiger partial charge in [0.25, 0.3) is 0 Å². The monoisotopic (exact) mass is 639 g/mol. The molecule has 0 radical (unpaired) electrons. The third-order valence-corrected chi connectivity index (χ3v) is 9.82. The van der Waals surface area contributed by atoms with Gasteiger partial charge in [-0.1, -0.05) is 133 Å². The number of hydrogen-bond acceptors (Lipinski definition) is 0. The molecule has 0 unspecified atom stereocenters. The highest BCUT2D eigenvalue weighted by atomic mass is 15.0. The summed E-state index contributed by atoms with van der Waals surface area (Å²) in [6.07, 6.45) is 0. The minimum absolute atomic E-state index is 0.0419. The SMILES string of the molecule is [2H]c1c(-c2ccc3c(c2)c2c(-c4ccccc4)cccc2n3-c2ccccc2)c([2H])c2c3ccccc3n(-c3cccc(-c4ccccc4)c3)c2c1[2H]. The van der Waals surface area contributed by atoms with Gasteiger partial charge in [-0.3, -0.25) is 0 Å². The van der Waals surface area contributed by atoms with Gasteiger partial charge in [0.15, 0.2) is 0 Å². The van der Waals surface area contributed by atoms with Crippen LogP contribution in [-0.2, 0) is 0 Å². The van der Waals surface area contributed by atoms with E-state index in [2.05, 4.69) is 112 Å². The molecule has 0 saturated carbocycles. The van der Waals surface area contributed by atoms with Crippen LogP contribution < -0.4 is 0 Å². The first kappa shape index (κ1) is 25.4. The van der Waals surface area contributed by atoms with Gasteiger partial charge in [0.1, 0.15) is 0 Å². The maximum absolute atomic E-state index is 9.81. The topological polar surface area (TPSA) is 9.86 Å². The molecule has 234 valence electrons. The van der Waals surface area contributed by atoms with Gasteiger partial charge in [-0.2, -0.15) is 0 Å². The third kappa shape index (κ3) is 4.50. The number of nitrogens with zero attached hydrogens (tertiary/aromatic N) is 2. The maximum Gasteiger partial charge on any atom is 0.0645 e. The fourth-order valence-corrected chi connectivity index (χ4v) is 7.57. The van der Waals surface area contributed by atoms with E-state index in [9.17, 15) is 4.11 Å². The van der Waals surface area contributed by atoms with E-state index in [0.717, 1.165) is 71.9 Å². The van der Waals surface area contributed by atoms with Crippen LogP contribution in [0.4, 0.5) is 0 Å². The molecule has 0 bridgehead atoms. The van der Waals surface area contributed by atoms with Crippen molar-refractivity contribution in [2.45, 2.75) is 0 Å². The van der Waals surface area contributed by atoms with Gasteiger partial charge in [0.05, 0.1) is 26.2 Å². The molecule has 2 heterocycles. The van der Waals surface area contributed by atoms with E-state index in [0.29, 0.717) is 16.5 Å². The zero-order valence-electron chi connectivity index (χ0n) is 30.1. The van der Waals surface area contributed by atoms with Gasteiger partial charge in [-0.05, 0) is 94.0 Å². The highest BCUT2D eigenvalue weighted by Gasteiger charge is 2.18. The van der Waals surface area contributed by atoms with Gasteiger partial charge in [0, 0.05) is 32.9 Å². The molecule has 0 aliphatic heterocycles. The van der Waals surface area contributed by atoms with Crippen LogP contribution in [0, 0.1) is 0 Å². The molecule has 0 N–H and O–H groups in total. The van der Waals surface area contributed by atoms with Crippen molar-refractivity contribution in [3.05, 3.63) is 194 Å². The van der Waals surface area contributed by atoms with Crippen molar-refractivity contribution in [1.29, 1.82) is 0 Å². The van der Waals surface area contributed by atoms with E-state index in [1.165, 1.54) is 0 Å². The summed E-state index contributed by atoms with van der Waals surface area (Å²) in [5.74, 6) is 0. The number of rotatable bonds is 5. The number of aromatic nitrogens is 2. The van der Waals surface area contributed by atoms with Crippen LogP contribution in [0.25, 0.3) is 88.4 Å². The minimum atomic E-state index is 0.0419. The zero-order valence-corrected chi connectivity index (χ0v) is 27.1. The summed E-state index contributed by atoms with van der Waals surface area (Å²) in [5.41, 5.74) is 11.2. The number of hydrogen-bond donors (Lipinski definition) is 0. The second-order valence-electron chi connectivity index (χ2n) is 12.7. The molecule has 0 atom stereocenters. The van der Waals surface area contributed by atoms with Crippen molar-refractivity contribution in [3.63, 3.8) is 0 Å². The van der Waals surface area contributed by atoms with Crippen LogP contribution in [-0.4, -0.2) is 9.13 Å². The zero-order chi connectivity index (χ0) is 35.6. The van der Waals surface area contributed by atoms with E-state index in [-0.39, 0.29) is 18.1 Å². The fourth-order valence-electron chi connectivity index (χ4n) is 7.57. The van der Waals surface area contributed by atoms with Crippen molar-refractivity contribution in [3.8, 4) is 44.8 Å². The first-order chi connectivity index (χ1) is 26.1. The Kier molecular flexibility index (Phi) is 5.84. The molecule has 10 rings (SSSR count). The van der Waals surface area contributed by atoms with Crippen LogP contribution in [0.3, 0.4) is 0 Å². The first-order valence-electron chi connectivity index (χ1n) is 18.5. The van der Waals surface area contributed by atoms with E-state index in [4.69, 9.17) is 0 Å². The summed E-state index contributed by atoms with van der Waals surface area (Å²) < 4.78 is 33.3. The first-order valence-corrected chi connectivity index (χ1v) is 17.0. The van der Waals surface area contributed by atoms with Crippen molar-refractivity contribution in [1.82, 2.24) is 9.13 Å². The quantitative estimate of drug-likeness (QED) is 0.177. The fraction of sp³-hybridized carbons (Fsp3) is 0. The Balaban J connectivity index is 1.25. The van der Waals surface area contributed by atoms with Crippen LogP contribution in [0.15, 0.2) is 194 Å². The molecule has 0 aliphatic carbocycles. The smallest absolute Gasteiger partial charge is 0.0645 e. The summed E-state index contributed by atoms with van der Waals surface area (Å²) in [7, 11) is 0. The van der Waals surface area contributed by atoms with Gasteiger partial charge in [0.2, 0.25) is 0 Å². The average Bonchev–Trinajstić information content (AvgIpc) is 3.75. The Morgan fingerprint density at radius 1 is 0.340 bits per heavy atom. The lowest BCUT2D eigenvalue weighted by molar-refractivity contribution is 1.18. The molecule has 0 fully saturated rings. The van der Waals surface area contributed by atoms with Crippen LogP contribution >= 0.6 is 0 Å². The highest BCUT2D eigenvalue weighted by Crippen LogP contribution is 2.41. The molecule has 2 aromatic heterocycles. The second kappa shape index (κ2) is 11.5. The maximum atomic E-state index is 9.81. The lowest BCUT2D eigenvalue weighted by Crippen LogP contribution is -1.94. The van der Waals surface area contributed by atoms with E-state index >= 15 is 0 Å². The van der Waals surface area contributed by atoms with Crippen molar-refractivity contribution < 1.29 is 4.11 Å². The van der Waals surface area contributed by atoms with Gasteiger partial charge >= 0.3 is 0 Å². The lowest BCUT2D eigenvalue weighted by Gasteiger charge is -2.11. The van der Waals surface area contributed by atoms with Gasteiger partial charge in [-0.15, -0.1) is 0 Å². The summed E-state index contributed by atoms with van der Waals surface area (Å²) in [6.45, 7) is 0. The summed E-state index contributed by atoms with van der Waals surface area (Å²) >= 11 is 0. The standard InChI is InChI=1S/C48H32N2/c1-4-14-33(15-5-1)35-18-12-21-39(30-35)50-44-24-11-10-22-41(44)42-31-36(26-28-45(42)50)37-27-29-46-43(32-37)48-40(34-16-6-2-7-17-34)23-13-25-47(48)49(46)38-19-8-3-9-20-38/h1-32H/i26D,28D,31D. The van der Waals surface area contributed by atoms with E-state index in [1.54, 1.807) is 0 Å². The summed E-state index contributed by atoms with van der Waals surface area (Å²) in [4.78, 5) is 0. The number of fused-ring (bicyclic) bond motifs is 6. The molecule has 2 nitrogen and oxygen atoms in total. The molecular weight excluding hydrogens is 605 g/mol. The van der Waals surface area contributed by atoms with E-state index in [1.807, 2.05) is 72.8 Å². The van der Waals surface area contributed by atoms with E-state index < -0.39 is 0 Å². The van der Waals surface area contributed by atoms with Gasteiger partial charge in [-0.25, -0.2) is 0 Å². The van der Waals surface area contributed by atoms with Crippen LogP contribution in [0.1, 0.15) is 4.11 Å². The molecule has 0 spiro atoms. The predicted octanol–water partition coefficient (Wildman–Crippen LogP) is 12.9. The van der Waals surface area contributed by atoms with Crippen molar-refractivity contribution >= 4 is 43.6 Å². The van der Waals surface area contributed by atoms with Crippen LogP contribution in [0.5, 0.6) is 0 Å². The second-order valence-corrected chi connectivity index (χ2v) is 12.7. The Morgan fingerprint density at radius 2 is 0.940 bits per heavy atom. The van der Waals surface area contributed by atoms with Crippen molar-refractivity contribution in [2.24, 2.45) is 0 Å². The minimum Gasteiger partial charge on any atom is -0.309 e. The molecule has 0 aliphatic rings. The largest absolute Gasteiger partial charge is 0.309 e. The van der Waals surface area contributed by atoms with Crippen molar-refractivity contribution in [2.75, 3.05) is 0 Å². The highest BCUT2D eigenvalue weighted by molar-refractivity contribution is 6.17. The Hall–Kier alpha value is -6.64. The molecule has 8 aromatic carbocycles. The Morgan fingerprint density at radius 3 is 1.76 bits per heavy atom. The number of benzene rings is 8. The molecular formula is C48H32N2. The predicted molar refractivity (Wildman–Crippen MR) is 211 cm³/mol. The normalized spacial score (nSPS) is 12.4. The summed E-state index contributed by atoms with van der Waals surface area (Å²) in [5, 5.41) is 3.71. The molecule has 0 saturated heterocycles. The van der Waals surface area contributed by atoms with Gasteiger partial charge < -0.3 is 9.13 Å². The molecule has 0 amide bonds. The third-order valence-electron chi connectivity index (χ3n) is 9.82. The lowest BCUT2D eigenvalue weighted by atomic mass is 9.97. The van der Waals surface area contributed by atoms with Crippen LogP contribution in [0.2, 0.25) is 0 Å². The number of para-hydroxylation sites is 2. The molecule has 50 heavy (non-hydrogen) atoms. The Bertz CT molecular complexity index is 3020.